The van der Waals surface area contributed by atoms with Crippen molar-refractivity contribution in [2.75, 3.05) is 26.3 Å². The summed E-state index contributed by atoms with van der Waals surface area (Å²) < 4.78 is 5.92. The molecule has 3 rings (SSSR count). The van der Waals surface area contributed by atoms with Gasteiger partial charge in [-0.25, -0.2) is 0 Å². The number of carbonyl (C=O) groups is 1. The highest BCUT2D eigenvalue weighted by Gasteiger charge is 2.34. The molecule has 1 saturated heterocycles. The lowest BCUT2D eigenvalue weighted by molar-refractivity contribution is -0.119. The van der Waals surface area contributed by atoms with E-state index in [1.54, 1.807) is 6.92 Å². The molecule has 0 aliphatic carbocycles. The third-order valence-electron chi connectivity index (χ3n) is 6.29. The number of hydrogen-bond donors (Lipinski definition) is 1. The summed E-state index contributed by atoms with van der Waals surface area (Å²) >= 11 is 0. The minimum Gasteiger partial charge on any atom is -0.381 e. The minimum absolute atomic E-state index is 0.00944. The Balaban J connectivity index is 1.51. The maximum absolute atomic E-state index is 11.1. The van der Waals surface area contributed by atoms with Crippen molar-refractivity contribution in [1.29, 1.82) is 0 Å². The van der Waals surface area contributed by atoms with Gasteiger partial charge in [0, 0.05) is 26.6 Å². The molecule has 0 atom stereocenters. The number of ether oxygens (including phenoxy) is 1. The Hall–Kier alpha value is -2.17. The first-order valence-electron chi connectivity index (χ1n) is 11.2. The number of nitrogens with zero attached hydrogens (tertiary/aromatic N) is 1. The monoisotopic (exact) mass is 408 g/mol. The number of benzene rings is 2. The second-order valence-corrected chi connectivity index (χ2v) is 8.63. The van der Waals surface area contributed by atoms with Gasteiger partial charge in [0.15, 0.2) is 0 Å². The van der Waals surface area contributed by atoms with Gasteiger partial charge in [-0.2, -0.15) is 0 Å². The lowest BCUT2D eigenvalue weighted by Crippen LogP contribution is -2.42. The van der Waals surface area contributed by atoms with Crippen molar-refractivity contribution in [2.45, 2.75) is 52.6 Å². The Kier molecular flexibility index (Phi) is 8.47. The molecule has 1 aliphatic rings. The molecule has 2 aromatic carbocycles. The van der Waals surface area contributed by atoms with Crippen LogP contribution in [0.1, 0.15) is 49.8 Å². The van der Waals surface area contributed by atoms with E-state index in [1.165, 1.54) is 30.4 Å². The molecule has 0 saturated carbocycles. The van der Waals surface area contributed by atoms with Crippen molar-refractivity contribution in [3.63, 3.8) is 0 Å². The van der Waals surface area contributed by atoms with Crippen molar-refractivity contribution >= 4 is 5.91 Å². The molecule has 1 amide bonds. The van der Waals surface area contributed by atoms with Gasteiger partial charge < -0.3 is 10.1 Å². The average Bonchev–Trinajstić information content (AvgIpc) is 2.78. The molecule has 4 heteroatoms. The van der Waals surface area contributed by atoms with Crippen LogP contribution >= 0.6 is 0 Å². The van der Waals surface area contributed by atoms with Gasteiger partial charge in [0.2, 0.25) is 5.91 Å². The highest BCUT2D eigenvalue weighted by atomic mass is 16.5. The molecule has 0 aromatic heterocycles. The zero-order valence-corrected chi connectivity index (χ0v) is 18.5. The third-order valence-corrected chi connectivity index (χ3v) is 6.29. The van der Waals surface area contributed by atoms with E-state index in [4.69, 9.17) is 4.74 Å². The van der Waals surface area contributed by atoms with Crippen molar-refractivity contribution < 1.29 is 9.53 Å². The van der Waals surface area contributed by atoms with Crippen molar-refractivity contribution in [1.82, 2.24) is 10.2 Å². The van der Waals surface area contributed by atoms with Crippen molar-refractivity contribution in [3.05, 3.63) is 71.3 Å². The van der Waals surface area contributed by atoms with Gasteiger partial charge in [0.05, 0.1) is 6.61 Å². The van der Waals surface area contributed by atoms with Crippen LogP contribution in [0.5, 0.6) is 0 Å². The zero-order chi connectivity index (χ0) is 21.2. The minimum atomic E-state index is 0.00944. The lowest BCUT2D eigenvalue weighted by atomic mass is 9.74. The van der Waals surface area contributed by atoms with E-state index in [9.17, 15) is 4.79 Å². The highest BCUT2D eigenvalue weighted by molar-refractivity contribution is 5.72. The second-order valence-electron chi connectivity index (χ2n) is 8.63. The van der Waals surface area contributed by atoms with Gasteiger partial charge in [-0.15, -0.1) is 0 Å². The van der Waals surface area contributed by atoms with Gasteiger partial charge >= 0.3 is 0 Å². The Bertz CT molecular complexity index is 765. The van der Waals surface area contributed by atoms with Crippen LogP contribution in [0.2, 0.25) is 0 Å². The maximum atomic E-state index is 11.1. The van der Waals surface area contributed by atoms with Crippen LogP contribution < -0.4 is 5.32 Å². The van der Waals surface area contributed by atoms with Gasteiger partial charge in [0.1, 0.15) is 0 Å². The highest BCUT2D eigenvalue weighted by Crippen LogP contribution is 2.37. The Morgan fingerprint density at radius 2 is 1.67 bits per heavy atom. The summed E-state index contributed by atoms with van der Waals surface area (Å²) in [5, 5.41) is 2.85. The molecule has 1 aliphatic heterocycles. The van der Waals surface area contributed by atoms with Crippen LogP contribution in [-0.2, 0) is 29.0 Å². The normalized spacial score (nSPS) is 16.3. The van der Waals surface area contributed by atoms with E-state index in [0.29, 0.717) is 12.0 Å². The van der Waals surface area contributed by atoms with Crippen LogP contribution in [-0.4, -0.2) is 37.1 Å². The summed E-state index contributed by atoms with van der Waals surface area (Å²) in [7, 11) is 0. The number of carbonyl (C=O) groups excluding carboxylic acids is 1. The Morgan fingerprint density at radius 1 is 1.00 bits per heavy atom. The summed E-state index contributed by atoms with van der Waals surface area (Å²) in [4.78, 5) is 13.6. The van der Waals surface area contributed by atoms with Gasteiger partial charge in [-0.3, -0.25) is 9.69 Å². The van der Waals surface area contributed by atoms with Crippen LogP contribution in [0.15, 0.2) is 54.6 Å². The fraction of sp³-hybridized carbons (Fsp3) is 0.500. The summed E-state index contributed by atoms with van der Waals surface area (Å²) in [6, 6.07) is 19.4. The van der Waals surface area contributed by atoms with Gasteiger partial charge in [-0.05, 0) is 67.8 Å². The van der Waals surface area contributed by atoms with Gasteiger partial charge in [0.25, 0.3) is 0 Å². The molecule has 1 heterocycles. The van der Waals surface area contributed by atoms with E-state index < -0.39 is 0 Å². The number of likely N-dealkylation sites (tertiary alicyclic amines) is 1. The van der Waals surface area contributed by atoms with E-state index in [2.05, 4.69) is 71.7 Å². The number of amides is 1. The predicted octanol–water partition coefficient (Wildman–Crippen LogP) is 4.57. The largest absolute Gasteiger partial charge is 0.381 e. The molecular weight excluding hydrogens is 372 g/mol. The van der Waals surface area contributed by atoms with Crippen molar-refractivity contribution in [2.24, 2.45) is 5.41 Å². The molecule has 0 unspecified atom stereocenters. The molecule has 4 nitrogen and oxygen atoms in total. The molecular formula is C26H36N2O2. The summed E-state index contributed by atoms with van der Waals surface area (Å²) in [5.74, 6) is 0.00944. The molecule has 162 valence electrons. The zero-order valence-electron chi connectivity index (χ0n) is 18.5. The fourth-order valence-electron chi connectivity index (χ4n) is 4.27. The summed E-state index contributed by atoms with van der Waals surface area (Å²) in [6.45, 7) is 9.14. The van der Waals surface area contributed by atoms with Crippen LogP contribution in [0, 0.1) is 5.41 Å². The fourth-order valence-corrected chi connectivity index (χ4v) is 4.27. The number of hydrogen-bond acceptors (Lipinski definition) is 3. The van der Waals surface area contributed by atoms with Crippen LogP contribution in [0.25, 0.3) is 0 Å². The number of piperidine rings is 1. The van der Waals surface area contributed by atoms with Gasteiger partial charge in [-0.1, -0.05) is 54.6 Å². The third kappa shape index (κ3) is 6.96. The first-order valence-corrected chi connectivity index (χ1v) is 11.2. The quantitative estimate of drug-likeness (QED) is 0.626. The predicted molar refractivity (Wildman–Crippen MR) is 122 cm³/mol. The number of rotatable bonds is 10. The Morgan fingerprint density at radius 3 is 2.30 bits per heavy atom. The average molecular weight is 409 g/mol. The molecule has 0 radical (unpaired) electrons. The van der Waals surface area contributed by atoms with Crippen LogP contribution in [0.3, 0.4) is 0 Å². The standard InChI is InChI=1S/C26H36N2O2/c1-3-30-21-26(14-13-23-7-5-4-6-8-23)15-17-28(18-16-26)20-25-11-9-24(10-12-25)19-27-22(2)29/h4-12H,3,13-21H2,1-2H3,(H,27,29). The Labute approximate surface area is 181 Å². The van der Waals surface area contributed by atoms with E-state index in [1.807, 2.05) is 0 Å². The number of aryl methyl sites for hydroxylation is 1. The van der Waals surface area contributed by atoms with E-state index in [-0.39, 0.29) is 5.91 Å². The van der Waals surface area contributed by atoms with Crippen LogP contribution in [0.4, 0.5) is 0 Å². The van der Waals surface area contributed by atoms with E-state index >= 15 is 0 Å². The smallest absolute Gasteiger partial charge is 0.217 e. The molecule has 1 N–H and O–H groups in total. The first-order chi connectivity index (χ1) is 14.6. The summed E-state index contributed by atoms with van der Waals surface area (Å²) in [6.07, 6.45) is 4.72. The second kappa shape index (κ2) is 11.3. The maximum Gasteiger partial charge on any atom is 0.217 e. The molecule has 1 fully saturated rings. The number of nitrogens with one attached hydrogen (secondary N) is 1. The SMILES string of the molecule is CCOCC1(CCc2ccccc2)CCN(Cc2ccc(CNC(C)=O)cc2)CC1. The first kappa shape index (κ1) is 22.5. The topological polar surface area (TPSA) is 41.6 Å². The molecule has 2 aromatic rings. The van der Waals surface area contributed by atoms with E-state index in [0.717, 1.165) is 44.8 Å². The molecule has 0 spiro atoms. The molecule has 0 bridgehead atoms. The molecule has 30 heavy (non-hydrogen) atoms. The summed E-state index contributed by atoms with van der Waals surface area (Å²) in [5.41, 5.74) is 4.20. The lowest BCUT2D eigenvalue weighted by Gasteiger charge is -2.42. The van der Waals surface area contributed by atoms with Crippen molar-refractivity contribution in [3.8, 4) is 0 Å².